The minimum Gasteiger partial charge on any atom is -0.468 e. The van der Waals surface area contributed by atoms with Gasteiger partial charge < -0.3 is 9.26 Å². The zero-order chi connectivity index (χ0) is 78.4. The van der Waals surface area contributed by atoms with Gasteiger partial charge in [0.05, 0.1) is 0 Å². The van der Waals surface area contributed by atoms with Gasteiger partial charge in [-0.1, -0.05) is 362 Å². The van der Waals surface area contributed by atoms with Crippen molar-refractivity contribution < 1.29 is 9.26 Å². The second kappa shape index (κ2) is 39.6. The van der Waals surface area contributed by atoms with Crippen molar-refractivity contribution in [2.45, 2.75) is 246 Å². The molecule has 4 aliphatic rings. The van der Waals surface area contributed by atoms with Crippen LogP contribution in [0, 0.1) is 27.7 Å². The van der Waals surface area contributed by atoms with Crippen molar-refractivity contribution in [2.75, 3.05) is 0 Å². The van der Waals surface area contributed by atoms with Crippen LogP contribution in [0.25, 0.3) is 32.1 Å². The summed E-state index contributed by atoms with van der Waals surface area (Å²) in [6, 6.07) is 88.3. The molecule has 0 saturated carbocycles. The molecule has 576 valence electrons. The Bertz CT molecular complexity index is 4750. The summed E-state index contributed by atoms with van der Waals surface area (Å²) in [6.07, 6.45) is 10.4. The minimum atomic E-state index is -0.533. The Kier molecular flexibility index (Phi) is 30.4. The highest BCUT2D eigenvalue weighted by Gasteiger charge is 2.41. The van der Waals surface area contributed by atoms with E-state index >= 15 is 0 Å². The molecule has 0 aliphatic carbocycles. The van der Waals surface area contributed by atoms with Gasteiger partial charge in [0.2, 0.25) is 0 Å². The fourth-order valence-electron chi connectivity index (χ4n) is 18.0. The first-order valence-electron chi connectivity index (χ1n) is 41.4. The molecular formula is C102H126O2P6. The molecule has 6 unspecified atom stereocenters. The number of para-hydroxylation sites is 3. The second-order valence-electron chi connectivity index (χ2n) is 32.1. The van der Waals surface area contributed by atoms with E-state index in [4.69, 9.17) is 9.26 Å². The SMILES string of the molecule is CC(C)P1C(c2ccccc2)CCC1c1ccccc1.CC(C)P1Oc2ccccc2-c2ccccc21.CC(C)P1c2ccccc2Oc2ccccc21.CC(C)p1c2ccccc2c2ccccc21.CCc1c(CC)c(CC)p(C(C)C)c1CC.Cc1cc(C)cc(C2CCC(c3ccc(C)c(C)c3)P2C(C)C)c1. The molecule has 8 heteroatoms. The van der Waals surface area contributed by atoms with E-state index in [2.05, 4.69) is 363 Å². The molecule has 0 radical (unpaired) electrons. The molecule has 110 heavy (non-hydrogen) atoms. The van der Waals surface area contributed by atoms with E-state index < -0.39 is 8.15 Å². The molecule has 12 aromatic rings. The average molecular weight is 1570 g/mol. The number of benzene rings is 10. The van der Waals surface area contributed by atoms with Crippen molar-refractivity contribution in [3.05, 3.63) is 309 Å². The van der Waals surface area contributed by atoms with Crippen LogP contribution in [0.2, 0.25) is 0 Å². The minimum absolute atomic E-state index is 0.0165. The highest BCUT2D eigenvalue weighted by atomic mass is 31.1. The first-order chi connectivity index (χ1) is 53.1. The second-order valence-corrected chi connectivity index (χ2v) is 49.2. The highest BCUT2D eigenvalue weighted by Crippen LogP contribution is 2.74. The van der Waals surface area contributed by atoms with Crippen molar-refractivity contribution >= 4 is 83.9 Å². The van der Waals surface area contributed by atoms with Crippen molar-refractivity contribution in [1.29, 1.82) is 0 Å². The lowest BCUT2D eigenvalue weighted by atomic mass is 9.99. The quantitative estimate of drug-likeness (QED) is 0.101. The predicted molar refractivity (Wildman–Crippen MR) is 498 cm³/mol. The van der Waals surface area contributed by atoms with Gasteiger partial charge in [0.15, 0.2) is 0 Å². The van der Waals surface area contributed by atoms with Gasteiger partial charge in [-0.15, -0.1) is 15.1 Å². The van der Waals surface area contributed by atoms with Crippen LogP contribution in [0.5, 0.6) is 17.2 Å². The molecule has 2 fully saturated rings. The van der Waals surface area contributed by atoms with E-state index in [1.165, 1.54) is 111 Å². The number of fused-ring (bicyclic) bond motifs is 8. The van der Waals surface area contributed by atoms with Gasteiger partial charge in [0.25, 0.3) is 0 Å². The lowest BCUT2D eigenvalue weighted by molar-refractivity contribution is 0.488. The maximum atomic E-state index is 6.18. The molecule has 0 spiro atoms. The van der Waals surface area contributed by atoms with Gasteiger partial charge in [-0.25, -0.2) is 0 Å². The van der Waals surface area contributed by atoms with Crippen LogP contribution < -0.4 is 25.2 Å². The Hall–Kier alpha value is -6.40. The third-order valence-electron chi connectivity index (χ3n) is 22.6. The zero-order valence-corrected chi connectivity index (χ0v) is 75.4. The molecule has 4 aliphatic heterocycles. The molecule has 2 saturated heterocycles. The summed E-state index contributed by atoms with van der Waals surface area (Å²) in [7, 11) is -0.932. The summed E-state index contributed by atoms with van der Waals surface area (Å²) in [6.45, 7) is 46.6. The molecule has 16 rings (SSSR count). The average Bonchev–Trinajstić information content (AvgIpc) is 1.35. The van der Waals surface area contributed by atoms with Crippen LogP contribution in [0.1, 0.15) is 237 Å². The molecule has 2 nitrogen and oxygen atoms in total. The molecule has 6 heterocycles. The Balaban J connectivity index is 0.000000132. The Morgan fingerprint density at radius 1 is 0.318 bits per heavy atom. The van der Waals surface area contributed by atoms with E-state index in [1.54, 1.807) is 54.2 Å². The van der Waals surface area contributed by atoms with Crippen LogP contribution in [-0.2, 0) is 25.7 Å². The normalized spacial score (nSPS) is 18.1. The summed E-state index contributed by atoms with van der Waals surface area (Å²) in [5.41, 5.74) is 25.4. The van der Waals surface area contributed by atoms with Gasteiger partial charge in [-0.3, -0.25) is 0 Å². The third kappa shape index (κ3) is 19.3. The van der Waals surface area contributed by atoms with Crippen molar-refractivity contribution in [3.63, 3.8) is 0 Å². The van der Waals surface area contributed by atoms with Crippen molar-refractivity contribution in [3.8, 4) is 28.4 Å². The highest BCUT2D eigenvalue weighted by molar-refractivity contribution is 7.74. The predicted octanol–water partition coefficient (Wildman–Crippen LogP) is 32.4. The first-order valence-corrected chi connectivity index (χ1v) is 50.1. The molecule has 10 aromatic carbocycles. The van der Waals surface area contributed by atoms with Crippen LogP contribution >= 0.6 is 47.0 Å². The maximum Gasteiger partial charge on any atom is 0.135 e. The smallest absolute Gasteiger partial charge is 0.135 e. The Morgan fingerprint density at radius 3 is 1.15 bits per heavy atom. The van der Waals surface area contributed by atoms with Gasteiger partial charge in [0.1, 0.15) is 25.4 Å². The molecule has 0 bridgehead atoms. The summed E-state index contributed by atoms with van der Waals surface area (Å²) < 4.78 is 12.2. The van der Waals surface area contributed by atoms with Crippen LogP contribution in [0.15, 0.2) is 243 Å². The summed E-state index contributed by atoms with van der Waals surface area (Å²) in [5, 5.41) is 13.8. The van der Waals surface area contributed by atoms with Gasteiger partial charge in [-0.05, 0) is 205 Å². The van der Waals surface area contributed by atoms with Gasteiger partial charge in [-0.2, -0.15) is 0 Å². The fourth-order valence-corrected chi connectivity index (χ4v) is 36.3. The molecular weight excluding hydrogens is 1440 g/mol. The van der Waals surface area contributed by atoms with E-state index in [-0.39, 0.29) is 38.8 Å². The monoisotopic (exact) mass is 1570 g/mol. The summed E-state index contributed by atoms with van der Waals surface area (Å²) in [5.74, 6) is 3.10. The number of hydrogen-bond donors (Lipinski definition) is 0. The lowest BCUT2D eigenvalue weighted by Gasteiger charge is -2.31. The van der Waals surface area contributed by atoms with E-state index in [0.29, 0.717) is 11.3 Å². The number of hydrogen-bond acceptors (Lipinski definition) is 2. The molecule has 0 N–H and O–H groups in total. The number of ether oxygens (including phenoxy) is 1. The number of rotatable bonds is 14. The summed E-state index contributed by atoms with van der Waals surface area (Å²) in [4.78, 5) is 0. The van der Waals surface area contributed by atoms with Gasteiger partial charge >= 0.3 is 0 Å². The van der Waals surface area contributed by atoms with Crippen LogP contribution in [-0.4, -0.2) is 22.6 Å². The summed E-state index contributed by atoms with van der Waals surface area (Å²) >= 11 is 0. The first kappa shape index (κ1) is 84.5. The topological polar surface area (TPSA) is 18.5 Å². The maximum absolute atomic E-state index is 6.18. The van der Waals surface area contributed by atoms with Crippen LogP contribution in [0.3, 0.4) is 0 Å². The lowest BCUT2D eigenvalue weighted by Crippen LogP contribution is -2.24. The largest absolute Gasteiger partial charge is 0.468 e. The Morgan fingerprint density at radius 2 is 0.718 bits per heavy atom. The molecule has 6 atom stereocenters. The number of aryl methyl sites for hydroxylation is 4. The zero-order valence-electron chi connectivity index (χ0n) is 70.0. The van der Waals surface area contributed by atoms with Crippen LogP contribution in [0.4, 0.5) is 0 Å². The standard InChI is InChI=1S/C23H31P.C19H23P.2C15H15OP.C15H15P.C15H27P/c1-15(2)24-22(20-8-7-18(5)19(6)14-20)9-10-23(24)21-12-16(3)11-17(4)13-21;1-15(2)20-18(16-9-5-3-6-10-16)13-14-19(20)17-11-7-4-8-12-17;1-11(2)17-14-9-5-3-7-12(14)16-13-8-4-6-10-15(13)17;1-11(2)17-15-10-6-4-8-13(15)12-7-3-5-9-14(12)16-17;1-11(2)16-14-9-5-3-7-12(14)13-8-4-6-10-15(13)16;1-7-12-13(8-2)15(10-4)16(11(5)6)14(12)9-3/h7-8,11-15,22-23H,9-10H2,1-6H3;3-12,15,18-19H,13-14H2,1-2H3;2*3-11H,1-2H3;3-11H,1-2H3;11H,7-10H2,1-6H3. The van der Waals surface area contributed by atoms with Gasteiger partial charge in [0, 0.05) is 60.0 Å². The van der Waals surface area contributed by atoms with Crippen molar-refractivity contribution in [1.82, 2.24) is 0 Å². The fraction of sp³-hybridized carbons (Fsp3) is 0.373. The Labute approximate surface area is 672 Å². The van der Waals surface area contributed by atoms with E-state index in [9.17, 15) is 0 Å². The van der Waals surface area contributed by atoms with Crippen molar-refractivity contribution in [2.24, 2.45) is 0 Å². The molecule has 2 aromatic heterocycles. The van der Waals surface area contributed by atoms with E-state index in [1.807, 2.05) is 18.2 Å². The third-order valence-corrected chi connectivity index (χ3v) is 41.3. The van der Waals surface area contributed by atoms with E-state index in [0.717, 1.165) is 62.5 Å². The molecule has 0 amide bonds.